The fourth-order valence-corrected chi connectivity index (χ4v) is 3.84. The average Bonchev–Trinajstić information content (AvgIpc) is 2.69. The van der Waals surface area contributed by atoms with Gasteiger partial charge < -0.3 is 13.6 Å². The van der Waals surface area contributed by atoms with Gasteiger partial charge in [-0.05, 0) is 55.7 Å². The molecule has 0 aliphatic carbocycles. The zero-order valence-corrected chi connectivity index (χ0v) is 19.3. The Morgan fingerprint density at radius 2 is 0.821 bits per heavy atom. The average molecular weight is 476 g/mol. The SMILES string of the molecule is Cc1ccccc1OP(=O)(Oc1ccccc1C)Oc1ccccc1C.[O]=[Zr]. The Labute approximate surface area is 180 Å². The van der Waals surface area contributed by atoms with Crippen LogP contribution in [0.3, 0.4) is 0 Å². The number of benzene rings is 3. The molecule has 5 nitrogen and oxygen atoms in total. The zero-order chi connectivity index (χ0) is 20.6. The molecule has 0 aliphatic rings. The first-order chi connectivity index (χ1) is 13.5. The van der Waals surface area contributed by atoms with Gasteiger partial charge in [0.15, 0.2) is 0 Å². The number of phosphoric acid groups is 1. The van der Waals surface area contributed by atoms with Crippen LogP contribution in [0.2, 0.25) is 0 Å². The van der Waals surface area contributed by atoms with Crippen molar-refractivity contribution >= 4 is 7.82 Å². The molecule has 3 aromatic carbocycles. The first kappa shape index (κ1) is 22.3. The Balaban J connectivity index is 0.00000136. The van der Waals surface area contributed by atoms with Crippen molar-refractivity contribution in [2.75, 3.05) is 0 Å². The van der Waals surface area contributed by atoms with Gasteiger partial charge in [-0.15, -0.1) is 0 Å². The topological polar surface area (TPSA) is 61.8 Å². The molecule has 0 N–H and O–H groups in total. The molecule has 0 saturated heterocycles. The van der Waals surface area contributed by atoms with Crippen molar-refractivity contribution < 1.29 is 45.7 Å². The molecule has 0 aromatic heterocycles. The Kier molecular flexibility index (Phi) is 8.35. The van der Waals surface area contributed by atoms with Crippen molar-refractivity contribution in [1.82, 2.24) is 0 Å². The van der Waals surface area contributed by atoms with Crippen molar-refractivity contribution in [1.29, 1.82) is 0 Å². The molecule has 0 amide bonds. The molecule has 0 saturated carbocycles. The third-order valence-electron chi connectivity index (χ3n) is 3.91. The molecule has 0 spiro atoms. The summed E-state index contributed by atoms with van der Waals surface area (Å²) < 4.78 is 39.1. The Hall–Kier alpha value is -2.03. The van der Waals surface area contributed by atoms with Gasteiger partial charge in [0.2, 0.25) is 0 Å². The fourth-order valence-electron chi connectivity index (χ4n) is 2.39. The normalized spacial score (nSPS) is 10.4. The van der Waals surface area contributed by atoms with Crippen molar-refractivity contribution in [3.63, 3.8) is 0 Å². The van der Waals surface area contributed by atoms with Crippen LogP contribution in [-0.2, 0) is 32.1 Å². The van der Waals surface area contributed by atoms with Gasteiger partial charge in [-0.2, -0.15) is 4.57 Å². The summed E-state index contributed by atoms with van der Waals surface area (Å²) in [6, 6.07) is 22.0. The Bertz CT molecular complexity index is 854. The van der Waals surface area contributed by atoms with Crippen LogP contribution in [0.1, 0.15) is 16.7 Å². The summed E-state index contributed by atoms with van der Waals surface area (Å²) in [7, 11) is -3.97. The number of aryl methyl sites for hydroxylation is 3. The first-order valence-electron chi connectivity index (χ1n) is 8.53. The molecule has 0 radical (unpaired) electrons. The van der Waals surface area contributed by atoms with Crippen LogP contribution in [0.5, 0.6) is 17.2 Å². The summed E-state index contributed by atoms with van der Waals surface area (Å²) in [4.78, 5) is 0. The summed E-state index contributed by atoms with van der Waals surface area (Å²) in [5.41, 5.74) is 2.53. The number of rotatable bonds is 6. The first-order valence-corrected chi connectivity index (χ1v) is 11.0. The van der Waals surface area contributed by atoms with Crippen LogP contribution in [0.4, 0.5) is 0 Å². The monoisotopic (exact) mass is 474 g/mol. The van der Waals surface area contributed by atoms with Crippen LogP contribution in [0.25, 0.3) is 0 Å². The van der Waals surface area contributed by atoms with Gasteiger partial charge in [0, 0.05) is 0 Å². The van der Waals surface area contributed by atoms with Crippen molar-refractivity contribution in [3.05, 3.63) is 89.5 Å². The van der Waals surface area contributed by atoms with Gasteiger partial charge >= 0.3 is 35.4 Å². The Morgan fingerprint density at radius 3 is 1.07 bits per heavy atom. The second kappa shape index (κ2) is 10.5. The van der Waals surface area contributed by atoms with Crippen LogP contribution in [-0.4, -0.2) is 0 Å². The van der Waals surface area contributed by atoms with E-state index in [0.717, 1.165) is 16.7 Å². The van der Waals surface area contributed by atoms with E-state index >= 15 is 0 Å². The standard InChI is InChI=1S/C21H21O4P.O.Zr/c1-16-10-4-7-13-19(16)23-26(22,24-20-14-8-5-11-17(20)2)25-21-15-9-6-12-18(21)3;;/h4-15H,1-3H3;;. The number of para-hydroxylation sites is 3. The molecule has 0 bridgehead atoms. The summed E-state index contributed by atoms with van der Waals surface area (Å²) in [6.07, 6.45) is 0. The molecule has 0 fully saturated rings. The second-order valence-electron chi connectivity index (χ2n) is 6.02. The van der Waals surface area contributed by atoms with Crippen LogP contribution >= 0.6 is 7.82 Å². The number of hydrogen-bond donors (Lipinski definition) is 0. The van der Waals surface area contributed by atoms with E-state index in [2.05, 4.69) is 0 Å². The van der Waals surface area contributed by atoms with Gasteiger partial charge in [-0.3, -0.25) is 0 Å². The summed E-state index contributed by atoms with van der Waals surface area (Å²) in [5, 5.41) is 0. The Morgan fingerprint density at radius 1 is 0.571 bits per heavy atom. The van der Waals surface area contributed by atoms with Crippen LogP contribution in [0, 0.1) is 20.8 Å². The summed E-state index contributed by atoms with van der Waals surface area (Å²) >= 11 is 0.300. The number of phosphoric ester groups is 1. The van der Waals surface area contributed by atoms with E-state index < -0.39 is 7.82 Å². The molecular formula is C21H21O5PZr. The van der Waals surface area contributed by atoms with Crippen LogP contribution < -0.4 is 13.6 Å². The van der Waals surface area contributed by atoms with E-state index in [1.807, 2.05) is 75.4 Å². The number of hydrogen-bond acceptors (Lipinski definition) is 5. The molecule has 3 aromatic rings. The molecule has 0 aliphatic heterocycles. The van der Waals surface area contributed by atoms with E-state index in [1.54, 1.807) is 18.2 Å². The zero-order valence-electron chi connectivity index (χ0n) is 15.9. The van der Waals surface area contributed by atoms with Crippen molar-refractivity contribution in [2.24, 2.45) is 0 Å². The van der Waals surface area contributed by atoms with Gasteiger partial charge in [-0.25, -0.2) is 0 Å². The predicted molar refractivity (Wildman–Crippen MR) is 104 cm³/mol. The molecule has 0 heterocycles. The summed E-state index contributed by atoms with van der Waals surface area (Å²) in [6.45, 7) is 5.63. The molecule has 0 atom stereocenters. The third-order valence-corrected chi connectivity index (χ3v) is 5.17. The van der Waals surface area contributed by atoms with E-state index in [9.17, 15) is 4.57 Å². The molecular weight excluding hydrogens is 454 g/mol. The van der Waals surface area contributed by atoms with E-state index in [-0.39, 0.29) is 0 Å². The molecule has 144 valence electrons. The van der Waals surface area contributed by atoms with Gasteiger partial charge in [0.25, 0.3) is 0 Å². The molecule has 7 heteroatoms. The van der Waals surface area contributed by atoms with Crippen molar-refractivity contribution in [2.45, 2.75) is 20.8 Å². The maximum absolute atomic E-state index is 13.5. The summed E-state index contributed by atoms with van der Waals surface area (Å²) in [5.74, 6) is 1.37. The van der Waals surface area contributed by atoms with Crippen LogP contribution in [0.15, 0.2) is 72.8 Å². The predicted octanol–water partition coefficient (Wildman–Crippen LogP) is 6.14. The maximum atomic E-state index is 13.5. The van der Waals surface area contributed by atoms with Gasteiger partial charge in [0.1, 0.15) is 17.2 Å². The molecule has 28 heavy (non-hydrogen) atoms. The van der Waals surface area contributed by atoms with E-state index in [4.69, 9.17) is 16.4 Å². The van der Waals surface area contributed by atoms with E-state index in [0.29, 0.717) is 42.0 Å². The fraction of sp³-hybridized carbons (Fsp3) is 0.143. The molecule has 0 unspecified atom stereocenters. The quantitative estimate of drug-likeness (QED) is 0.401. The molecule has 3 rings (SSSR count). The second-order valence-corrected chi connectivity index (χ2v) is 7.46. The van der Waals surface area contributed by atoms with Gasteiger partial charge in [0.05, 0.1) is 0 Å². The third kappa shape index (κ3) is 5.99. The van der Waals surface area contributed by atoms with E-state index in [1.165, 1.54) is 0 Å². The minimum absolute atomic E-state index is 0.300. The minimum atomic E-state index is -3.97. The van der Waals surface area contributed by atoms with Crippen molar-refractivity contribution in [3.8, 4) is 17.2 Å². The van der Waals surface area contributed by atoms with Gasteiger partial charge in [-0.1, -0.05) is 54.6 Å².